The van der Waals surface area contributed by atoms with E-state index in [-0.39, 0.29) is 0 Å². The number of hydrogen-bond donors (Lipinski definition) is 0. The van der Waals surface area contributed by atoms with E-state index in [0.717, 1.165) is 75.0 Å². The van der Waals surface area contributed by atoms with Crippen molar-refractivity contribution in [2.24, 2.45) is 0 Å². The van der Waals surface area contributed by atoms with Crippen molar-refractivity contribution < 1.29 is 9.53 Å². The van der Waals surface area contributed by atoms with Gasteiger partial charge >= 0.3 is 0 Å². The third-order valence-electron chi connectivity index (χ3n) is 5.17. The zero-order valence-corrected chi connectivity index (χ0v) is 15.8. The van der Waals surface area contributed by atoms with Crippen LogP contribution in [0.1, 0.15) is 24.8 Å². The minimum Gasteiger partial charge on any atom is -0.496 e. The molecule has 1 amide bonds. The van der Waals surface area contributed by atoms with E-state index in [9.17, 15) is 4.79 Å². The van der Waals surface area contributed by atoms with Crippen LogP contribution in [0.3, 0.4) is 0 Å². The lowest BCUT2D eigenvalue weighted by atomic mass is 10.1. The second kappa shape index (κ2) is 8.88. The number of halogens is 1. The van der Waals surface area contributed by atoms with E-state index in [1.807, 2.05) is 23.1 Å². The maximum Gasteiger partial charge on any atom is 0.236 e. The number of piperidine rings is 1. The Kier molecular flexibility index (Phi) is 6.57. The van der Waals surface area contributed by atoms with E-state index >= 15 is 0 Å². The Hall–Kier alpha value is -1.30. The number of nitrogens with zero attached hydrogens (tertiary/aromatic N) is 3. The zero-order chi connectivity index (χ0) is 17.6. The molecule has 3 rings (SSSR count). The first-order valence-corrected chi connectivity index (χ1v) is 9.58. The molecule has 0 radical (unpaired) electrons. The second-order valence-corrected chi connectivity index (χ2v) is 7.39. The lowest BCUT2D eigenvalue weighted by Gasteiger charge is -2.36. The molecule has 6 heteroatoms. The fraction of sp³-hybridized carbons (Fsp3) is 0.632. The van der Waals surface area contributed by atoms with E-state index in [0.29, 0.717) is 12.5 Å². The van der Waals surface area contributed by atoms with Crippen LogP contribution in [0.25, 0.3) is 0 Å². The Labute approximate surface area is 155 Å². The normalized spacial score (nSPS) is 19.8. The quantitative estimate of drug-likeness (QED) is 0.803. The van der Waals surface area contributed by atoms with Gasteiger partial charge in [-0.3, -0.25) is 14.6 Å². The van der Waals surface area contributed by atoms with Crippen LogP contribution in [0.2, 0.25) is 5.02 Å². The summed E-state index contributed by atoms with van der Waals surface area (Å²) in [5.74, 6) is 1.18. The molecule has 1 aromatic rings. The molecule has 2 heterocycles. The van der Waals surface area contributed by atoms with Crippen LogP contribution in [-0.4, -0.2) is 73.5 Å². The fourth-order valence-electron chi connectivity index (χ4n) is 3.65. The van der Waals surface area contributed by atoms with Gasteiger partial charge in [0.2, 0.25) is 5.91 Å². The molecule has 1 aromatic carbocycles. The van der Waals surface area contributed by atoms with Gasteiger partial charge in [-0.1, -0.05) is 11.6 Å². The van der Waals surface area contributed by atoms with Crippen molar-refractivity contribution in [3.63, 3.8) is 0 Å². The summed E-state index contributed by atoms with van der Waals surface area (Å²) in [6.07, 6.45) is 3.57. The Bertz CT molecular complexity index is 582. The molecule has 2 saturated heterocycles. The first-order chi connectivity index (χ1) is 12.2. The monoisotopic (exact) mass is 365 g/mol. The Balaban J connectivity index is 1.47. The molecule has 2 fully saturated rings. The van der Waals surface area contributed by atoms with Gasteiger partial charge in [0.25, 0.3) is 0 Å². The number of methoxy groups -OCH3 is 1. The number of amides is 1. The zero-order valence-electron chi connectivity index (χ0n) is 15.0. The molecule has 5 nitrogen and oxygen atoms in total. The van der Waals surface area contributed by atoms with Crippen molar-refractivity contribution in [2.45, 2.75) is 25.8 Å². The number of ether oxygens (including phenoxy) is 1. The first-order valence-electron chi connectivity index (χ1n) is 9.20. The minimum atomic E-state index is 0.296. The molecule has 2 aliphatic heterocycles. The van der Waals surface area contributed by atoms with Crippen molar-refractivity contribution in [3.8, 4) is 5.75 Å². The molecular weight excluding hydrogens is 338 g/mol. The Morgan fingerprint density at radius 1 is 1.04 bits per heavy atom. The molecule has 0 N–H and O–H groups in total. The predicted octanol–water partition coefficient (Wildman–Crippen LogP) is 2.48. The summed E-state index contributed by atoms with van der Waals surface area (Å²) in [5.41, 5.74) is 1.12. The standard InChI is InChI=1S/C19H28ClN3O2/c1-25-18-6-5-17(20)13-16(18)14-21-9-11-22(12-10-21)15-19(24)23-7-3-2-4-8-23/h5-6,13H,2-4,7-12,14-15H2,1H3. The molecule has 0 unspecified atom stereocenters. The van der Waals surface area contributed by atoms with Crippen LogP contribution in [0.15, 0.2) is 18.2 Å². The highest BCUT2D eigenvalue weighted by Crippen LogP contribution is 2.24. The third-order valence-corrected chi connectivity index (χ3v) is 5.40. The van der Waals surface area contributed by atoms with E-state index in [4.69, 9.17) is 16.3 Å². The number of likely N-dealkylation sites (tertiary alicyclic amines) is 1. The van der Waals surface area contributed by atoms with Gasteiger partial charge in [-0.25, -0.2) is 0 Å². The molecule has 0 spiro atoms. The number of piperazine rings is 1. The molecule has 0 aliphatic carbocycles. The van der Waals surface area contributed by atoms with Crippen LogP contribution in [-0.2, 0) is 11.3 Å². The average Bonchev–Trinajstić information content (AvgIpc) is 2.64. The van der Waals surface area contributed by atoms with Crippen molar-refractivity contribution in [2.75, 3.05) is 52.9 Å². The average molecular weight is 366 g/mol. The summed E-state index contributed by atoms with van der Waals surface area (Å²) in [6, 6.07) is 5.76. The topological polar surface area (TPSA) is 36.0 Å². The summed E-state index contributed by atoms with van der Waals surface area (Å²) in [7, 11) is 1.69. The molecule has 2 aliphatic rings. The second-order valence-electron chi connectivity index (χ2n) is 6.95. The van der Waals surface area contributed by atoms with Crippen molar-refractivity contribution >= 4 is 17.5 Å². The molecule has 138 valence electrons. The Morgan fingerprint density at radius 2 is 1.72 bits per heavy atom. The predicted molar refractivity (Wildman–Crippen MR) is 100 cm³/mol. The van der Waals surface area contributed by atoms with Crippen molar-refractivity contribution in [1.82, 2.24) is 14.7 Å². The van der Waals surface area contributed by atoms with E-state index in [1.54, 1.807) is 7.11 Å². The van der Waals surface area contributed by atoms with Gasteiger partial charge in [0, 0.05) is 56.4 Å². The maximum absolute atomic E-state index is 12.4. The fourth-order valence-corrected chi connectivity index (χ4v) is 3.85. The highest BCUT2D eigenvalue weighted by atomic mass is 35.5. The van der Waals surface area contributed by atoms with Crippen LogP contribution in [0, 0.1) is 0 Å². The highest BCUT2D eigenvalue weighted by molar-refractivity contribution is 6.30. The summed E-state index contributed by atoms with van der Waals surface area (Å²) in [5, 5.41) is 0.738. The smallest absolute Gasteiger partial charge is 0.236 e. The lowest BCUT2D eigenvalue weighted by molar-refractivity contribution is -0.133. The van der Waals surface area contributed by atoms with E-state index in [2.05, 4.69) is 9.80 Å². The van der Waals surface area contributed by atoms with Gasteiger partial charge in [0.05, 0.1) is 13.7 Å². The highest BCUT2D eigenvalue weighted by Gasteiger charge is 2.23. The summed E-state index contributed by atoms with van der Waals surface area (Å²) in [4.78, 5) is 19.1. The van der Waals surface area contributed by atoms with Crippen LogP contribution in [0.4, 0.5) is 0 Å². The largest absolute Gasteiger partial charge is 0.496 e. The van der Waals surface area contributed by atoms with Gasteiger partial charge in [0.1, 0.15) is 5.75 Å². The maximum atomic E-state index is 12.4. The number of hydrogen-bond acceptors (Lipinski definition) is 4. The van der Waals surface area contributed by atoms with Crippen molar-refractivity contribution in [1.29, 1.82) is 0 Å². The molecular formula is C19H28ClN3O2. The van der Waals surface area contributed by atoms with Crippen LogP contribution < -0.4 is 4.74 Å². The molecule has 0 atom stereocenters. The number of carbonyl (C=O) groups excluding carboxylic acids is 1. The molecule has 0 saturated carbocycles. The number of carbonyl (C=O) groups is 1. The number of rotatable bonds is 5. The van der Waals surface area contributed by atoms with Crippen LogP contribution in [0.5, 0.6) is 5.75 Å². The van der Waals surface area contributed by atoms with Gasteiger partial charge in [-0.2, -0.15) is 0 Å². The summed E-state index contributed by atoms with van der Waals surface area (Å²) >= 11 is 6.12. The number of benzene rings is 1. The van der Waals surface area contributed by atoms with Gasteiger partial charge in [0.15, 0.2) is 0 Å². The van der Waals surface area contributed by atoms with Crippen molar-refractivity contribution in [3.05, 3.63) is 28.8 Å². The SMILES string of the molecule is COc1ccc(Cl)cc1CN1CCN(CC(=O)N2CCCCC2)CC1. The van der Waals surface area contributed by atoms with Gasteiger partial charge < -0.3 is 9.64 Å². The Morgan fingerprint density at radius 3 is 2.40 bits per heavy atom. The first kappa shape index (κ1) is 18.5. The van der Waals surface area contributed by atoms with E-state index in [1.165, 1.54) is 6.42 Å². The molecule has 0 bridgehead atoms. The summed E-state index contributed by atoms with van der Waals surface area (Å²) < 4.78 is 5.44. The summed E-state index contributed by atoms with van der Waals surface area (Å²) in [6.45, 7) is 7.06. The van der Waals surface area contributed by atoms with Gasteiger partial charge in [-0.15, -0.1) is 0 Å². The van der Waals surface area contributed by atoms with Gasteiger partial charge in [-0.05, 0) is 37.5 Å². The lowest BCUT2D eigenvalue weighted by Crippen LogP contribution is -2.50. The minimum absolute atomic E-state index is 0.296. The van der Waals surface area contributed by atoms with Crippen LogP contribution >= 0.6 is 11.6 Å². The van der Waals surface area contributed by atoms with E-state index < -0.39 is 0 Å². The molecule has 25 heavy (non-hydrogen) atoms. The molecule has 0 aromatic heterocycles. The third kappa shape index (κ3) is 5.09.